The molecule has 0 rings (SSSR count). The molecule has 0 fully saturated rings. The third kappa shape index (κ3) is 2.63. The molecule has 0 amide bonds. The summed E-state index contributed by atoms with van der Waals surface area (Å²) in [7, 11) is 0. The van der Waals surface area contributed by atoms with Crippen LogP contribution in [0.4, 0.5) is 0 Å². The smallest absolute Gasteiger partial charge is 0.0910 e. The Morgan fingerprint density at radius 2 is 2.50 bits per heavy atom. The van der Waals surface area contributed by atoms with Gasteiger partial charge in [0.05, 0.1) is 6.10 Å². The minimum atomic E-state index is -0.511. The molecule has 0 aliphatic carbocycles. The molecule has 36 valence electrons. The van der Waals surface area contributed by atoms with Crippen molar-refractivity contribution in [3.05, 3.63) is 0 Å². The van der Waals surface area contributed by atoms with E-state index >= 15 is 0 Å². The second kappa shape index (κ2) is 3.59. The zero-order valence-electron chi connectivity index (χ0n) is 3.16. The molecule has 0 heterocycles. The standard InChI is InChI=1S/C3H6OS2/c4-3(1-5)2-6/h1,3-4,6H,2H2/t3-/m1/s1. The van der Waals surface area contributed by atoms with Gasteiger partial charge >= 0.3 is 0 Å². The summed E-state index contributed by atoms with van der Waals surface area (Å²) in [6.45, 7) is 0. The molecule has 3 heteroatoms. The van der Waals surface area contributed by atoms with E-state index in [-0.39, 0.29) is 0 Å². The van der Waals surface area contributed by atoms with E-state index in [2.05, 4.69) is 24.8 Å². The number of hydrogen-bond acceptors (Lipinski definition) is 3. The summed E-state index contributed by atoms with van der Waals surface area (Å²) in [5, 5.41) is 9.72. The number of thiocarbonyl (C=S) groups is 1. The molecule has 0 unspecified atom stereocenters. The Hall–Kier alpha value is 0.400. The van der Waals surface area contributed by atoms with Crippen LogP contribution in [0.5, 0.6) is 0 Å². The summed E-state index contributed by atoms with van der Waals surface area (Å²) >= 11 is 8.10. The van der Waals surface area contributed by atoms with Gasteiger partial charge in [-0.05, 0) is 0 Å². The fraction of sp³-hybridized carbons (Fsp3) is 0.667. The van der Waals surface area contributed by atoms with E-state index < -0.39 is 6.10 Å². The van der Waals surface area contributed by atoms with Gasteiger partial charge in [0, 0.05) is 11.1 Å². The zero-order chi connectivity index (χ0) is 4.99. The van der Waals surface area contributed by atoms with Gasteiger partial charge in [0.1, 0.15) is 0 Å². The van der Waals surface area contributed by atoms with Crippen LogP contribution in [0.3, 0.4) is 0 Å². The molecule has 0 aromatic heterocycles. The lowest BCUT2D eigenvalue weighted by molar-refractivity contribution is 0.274. The SMILES string of the molecule is O[C@H](C=S)CS. The molecule has 0 aliphatic rings. The van der Waals surface area contributed by atoms with E-state index in [1.807, 2.05) is 0 Å². The van der Waals surface area contributed by atoms with E-state index in [1.54, 1.807) is 0 Å². The molecular weight excluding hydrogens is 116 g/mol. The van der Waals surface area contributed by atoms with Crippen LogP contribution < -0.4 is 0 Å². The summed E-state index contributed by atoms with van der Waals surface area (Å²) in [5.41, 5.74) is 0. The lowest BCUT2D eigenvalue weighted by Crippen LogP contribution is -2.06. The van der Waals surface area contributed by atoms with E-state index in [9.17, 15) is 0 Å². The van der Waals surface area contributed by atoms with Crippen LogP contribution >= 0.6 is 24.8 Å². The van der Waals surface area contributed by atoms with Gasteiger partial charge in [-0.1, -0.05) is 12.2 Å². The third-order valence-electron chi connectivity index (χ3n) is 0.344. The Morgan fingerprint density at radius 3 is 2.50 bits per heavy atom. The molecule has 0 radical (unpaired) electrons. The van der Waals surface area contributed by atoms with Crippen molar-refractivity contribution >= 4 is 30.2 Å². The number of hydrogen-bond donors (Lipinski definition) is 2. The highest BCUT2D eigenvalue weighted by molar-refractivity contribution is 7.81. The Balaban J connectivity index is 2.96. The van der Waals surface area contributed by atoms with Gasteiger partial charge < -0.3 is 5.11 Å². The molecule has 1 nitrogen and oxygen atoms in total. The summed E-state index contributed by atoms with van der Waals surface area (Å²) in [4.78, 5) is 0. The average molecular weight is 122 g/mol. The lowest BCUT2D eigenvalue weighted by atomic mass is 10.5. The maximum atomic E-state index is 8.43. The highest BCUT2D eigenvalue weighted by Crippen LogP contribution is 1.79. The van der Waals surface area contributed by atoms with Crippen LogP contribution in [-0.4, -0.2) is 22.3 Å². The van der Waals surface area contributed by atoms with E-state index in [4.69, 9.17) is 5.11 Å². The normalized spacial score (nSPS) is 13.7. The molecule has 0 bridgehead atoms. The number of thiol groups is 1. The third-order valence-corrected chi connectivity index (χ3v) is 1.03. The van der Waals surface area contributed by atoms with Gasteiger partial charge in [0.2, 0.25) is 0 Å². The topological polar surface area (TPSA) is 20.2 Å². The molecule has 0 saturated carbocycles. The van der Waals surface area contributed by atoms with Crippen molar-refractivity contribution in [2.24, 2.45) is 0 Å². The molecule has 1 atom stereocenters. The van der Waals surface area contributed by atoms with Crippen LogP contribution in [0.15, 0.2) is 0 Å². The van der Waals surface area contributed by atoms with Crippen LogP contribution in [0.1, 0.15) is 0 Å². The summed E-state index contributed by atoms with van der Waals surface area (Å²) < 4.78 is 0. The van der Waals surface area contributed by atoms with Crippen molar-refractivity contribution in [2.45, 2.75) is 6.10 Å². The summed E-state index contributed by atoms with van der Waals surface area (Å²) in [6, 6.07) is 0. The van der Waals surface area contributed by atoms with Gasteiger partial charge in [-0.2, -0.15) is 12.6 Å². The monoisotopic (exact) mass is 122 g/mol. The minimum absolute atomic E-state index is 0.420. The van der Waals surface area contributed by atoms with Gasteiger partial charge in [-0.15, -0.1) is 0 Å². The lowest BCUT2D eigenvalue weighted by Gasteiger charge is -1.91. The second-order valence-corrected chi connectivity index (χ2v) is 1.52. The largest absolute Gasteiger partial charge is 0.387 e. The fourth-order valence-corrected chi connectivity index (χ4v) is 0.387. The minimum Gasteiger partial charge on any atom is -0.387 e. The van der Waals surface area contributed by atoms with Crippen molar-refractivity contribution in [1.82, 2.24) is 0 Å². The van der Waals surface area contributed by atoms with Crippen LogP contribution in [0.25, 0.3) is 0 Å². The number of aliphatic hydroxyl groups excluding tert-OH is 1. The highest BCUT2D eigenvalue weighted by Gasteiger charge is 1.88. The van der Waals surface area contributed by atoms with Crippen molar-refractivity contribution in [3.63, 3.8) is 0 Å². The Bertz CT molecular complexity index is 46.1. The van der Waals surface area contributed by atoms with E-state index in [0.29, 0.717) is 5.75 Å². The molecule has 0 spiro atoms. The first-order chi connectivity index (χ1) is 2.81. The van der Waals surface area contributed by atoms with Crippen molar-refractivity contribution in [3.8, 4) is 0 Å². The zero-order valence-corrected chi connectivity index (χ0v) is 4.88. The van der Waals surface area contributed by atoms with Crippen LogP contribution in [0, 0.1) is 0 Å². The molecule has 0 aromatic rings. The van der Waals surface area contributed by atoms with Gasteiger partial charge in [-0.25, -0.2) is 0 Å². The average Bonchev–Trinajstić information content (AvgIpc) is 1.65. The fourth-order valence-electron chi connectivity index (χ4n) is 0.0430. The first-order valence-electron chi connectivity index (χ1n) is 1.55. The van der Waals surface area contributed by atoms with Gasteiger partial charge in [0.15, 0.2) is 0 Å². The molecule has 0 aromatic carbocycles. The molecular formula is C3H6OS2. The maximum absolute atomic E-state index is 8.43. The van der Waals surface area contributed by atoms with Crippen LogP contribution in [0.2, 0.25) is 0 Å². The van der Waals surface area contributed by atoms with Gasteiger partial charge in [0.25, 0.3) is 0 Å². The predicted octanol–water partition coefficient (Wildman–Crippen LogP) is 0.277. The van der Waals surface area contributed by atoms with Crippen LogP contribution in [-0.2, 0) is 0 Å². The first-order valence-corrected chi connectivity index (χ1v) is 2.66. The van der Waals surface area contributed by atoms with Gasteiger partial charge in [-0.3, -0.25) is 0 Å². The Labute approximate surface area is 47.8 Å². The summed E-state index contributed by atoms with van der Waals surface area (Å²) in [5.74, 6) is 0.420. The first kappa shape index (κ1) is 6.40. The highest BCUT2D eigenvalue weighted by atomic mass is 32.1. The molecule has 1 N–H and O–H groups in total. The maximum Gasteiger partial charge on any atom is 0.0910 e. The van der Waals surface area contributed by atoms with E-state index in [1.165, 1.54) is 5.37 Å². The quantitative estimate of drug-likeness (QED) is 0.405. The Kier molecular flexibility index (Phi) is 3.82. The molecule has 0 aliphatic heterocycles. The molecule has 6 heavy (non-hydrogen) atoms. The van der Waals surface area contributed by atoms with E-state index in [0.717, 1.165) is 0 Å². The number of aliphatic hydroxyl groups is 1. The summed E-state index contributed by atoms with van der Waals surface area (Å²) in [6.07, 6.45) is -0.511. The second-order valence-electron chi connectivity index (χ2n) is 0.886. The van der Waals surface area contributed by atoms with Crippen molar-refractivity contribution in [2.75, 3.05) is 5.75 Å². The Morgan fingerprint density at radius 1 is 2.00 bits per heavy atom. The predicted molar refractivity (Wildman–Crippen MR) is 33.5 cm³/mol. The van der Waals surface area contributed by atoms with Crippen molar-refractivity contribution in [1.29, 1.82) is 0 Å². The number of rotatable bonds is 2. The van der Waals surface area contributed by atoms with Crippen molar-refractivity contribution < 1.29 is 5.11 Å². The molecule has 0 saturated heterocycles.